The van der Waals surface area contributed by atoms with E-state index in [-0.39, 0.29) is 11.8 Å². The number of carbonyl (C=O) groups excluding carboxylic acids is 2. The van der Waals surface area contributed by atoms with E-state index >= 15 is 0 Å². The Hall–Kier alpha value is -1.30. The van der Waals surface area contributed by atoms with E-state index in [1.165, 1.54) is 0 Å². The van der Waals surface area contributed by atoms with Crippen molar-refractivity contribution in [3.05, 3.63) is 10.1 Å². The number of amides is 1. The van der Waals surface area contributed by atoms with Gasteiger partial charge in [0, 0.05) is 0 Å². The first-order valence-corrected chi connectivity index (χ1v) is 1.32. The highest BCUT2D eigenvalue weighted by molar-refractivity contribution is 6.19. The molecular weight excluding hydrogens is 118 g/mol. The second-order valence-corrected chi connectivity index (χ2v) is 0.713. The molecule has 2 N–H and O–H groups in total. The van der Waals surface area contributed by atoms with E-state index in [1.54, 1.807) is 0 Å². The second-order valence-electron chi connectivity index (χ2n) is 0.713. The summed E-state index contributed by atoms with van der Waals surface area (Å²) >= 11 is 0. The minimum absolute atomic E-state index is 0. The van der Waals surface area contributed by atoms with Gasteiger partial charge in [0.2, 0.25) is 0 Å². The van der Waals surface area contributed by atoms with Gasteiger partial charge in [0.05, 0.1) is 0 Å². The normalized spacial score (nSPS) is 6.50. The molecule has 0 atom stereocenters. The molecule has 0 aliphatic carbocycles. The summed E-state index contributed by atoms with van der Waals surface area (Å²) in [6.07, 6.45) is -0.347. The summed E-state index contributed by atoms with van der Waals surface area (Å²) in [6, 6.07) is 0. The Labute approximate surface area is 43.6 Å². The van der Waals surface area contributed by atoms with Crippen LogP contribution < -0.4 is 0 Å². The van der Waals surface area contributed by atoms with E-state index < -0.39 is 10.8 Å². The van der Waals surface area contributed by atoms with Gasteiger partial charge in [-0.1, -0.05) is 0 Å². The summed E-state index contributed by atoms with van der Waals surface area (Å²) in [7, 11) is 0. The van der Waals surface area contributed by atoms with Crippen LogP contribution in [0.4, 0.5) is 0 Å². The first-order valence-electron chi connectivity index (χ1n) is 1.32. The fourth-order valence-electron chi connectivity index (χ4n) is 0.0430. The molecule has 0 fully saturated rings. The van der Waals surface area contributed by atoms with Crippen molar-refractivity contribution in [3.8, 4) is 0 Å². The largest absolute Gasteiger partial charge is 0.508 e. The number of rotatable bonds is 1. The lowest BCUT2D eigenvalue weighted by Gasteiger charge is -1.71. The van der Waals surface area contributed by atoms with Crippen molar-refractivity contribution in [2.45, 2.75) is 0 Å². The van der Waals surface area contributed by atoms with E-state index in [2.05, 4.69) is 0 Å². The van der Waals surface area contributed by atoms with Crippen LogP contribution in [0, 0.1) is 10.1 Å². The van der Waals surface area contributed by atoms with E-state index in [1.807, 2.05) is 0 Å². The van der Waals surface area contributed by atoms with Gasteiger partial charge in [0.1, 0.15) is 4.92 Å². The van der Waals surface area contributed by atoms with E-state index in [0.717, 1.165) is 0 Å². The number of nitrogens with zero attached hydrogens (tertiary/aromatic N) is 1. The standard InChI is InChI=1S/C2HNO4.H2O/c4-1-2(5)3(6)7;/h1H;1H2. The molecule has 0 aromatic heterocycles. The van der Waals surface area contributed by atoms with Crippen LogP contribution in [-0.2, 0) is 9.59 Å². The zero-order chi connectivity index (χ0) is 5.86. The van der Waals surface area contributed by atoms with E-state index in [0.29, 0.717) is 0 Å². The summed E-state index contributed by atoms with van der Waals surface area (Å²) in [4.78, 5) is 26.5. The lowest BCUT2D eigenvalue weighted by Crippen LogP contribution is -2.11. The number of nitro groups is 1. The van der Waals surface area contributed by atoms with Crippen LogP contribution in [0.1, 0.15) is 0 Å². The number of aldehydes is 1. The topological polar surface area (TPSA) is 109 Å². The van der Waals surface area contributed by atoms with Crippen molar-refractivity contribution in [2.75, 3.05) is 0 Å². The lowest BCUT2D eigenvalue weighted by molar-refractivity contribution is -0.395. The number of hydrogen-bond acceptors (Lipinski definition) is 4. The zero-order valence-corrected chi connectivity index (χ0v) is 3.66. The molecule has 0 rings (SSSR count). The third kappa shape index (κ3) is 2.91. The molecule has 46 valence electrons. The van der Waals surface area contributed by atoms with Crippen LogP contribution >= 0.6 is 0 Å². The van der Waals surface area contributed by atoms with Gasteiger partial charge in [-0.3, -0.25) is 14.9 Å². The Kier molecular flexibility index (Phi) is 4.77. The Balaban J connectivity index is 0. The highest BCUT2D eigenvalue weighted by atomic mass is 16.6. The summed E-state index contributed by atoms with van der Waals surface area (Å²) in [5.41, 5.74) is 0. The van der Waals surface area contributed by atoms with Crippen LogP contribution in [0.2, 0.25) is 0 Å². The fourth-order valence-corrected chi connectivity index (χ4v) is 0.0430. The summed E-state index contributed by atoms with van der Waals surface area (Å²) in [5.74, 6) is -1.61. The Morgan fingerprint density at radius 1 is 1.62 bits per heavy atom. The van der Waals surface area contributed by atoms with Crippen LogP contribution in [0.25, 0.3) is 0 Å². The van der Waals surface area contributed by atoms with Crippen LogP contribution in [0.3, 0.4) is 0 Å². The van der Waals surface area contributed by atoms with Gasteiger partial charge in [-0.05, 0) is 0 Å². The fraction of sp³-hybridized carbons (Fsp3) is 0. The van der Waals surface area contributed by atoms with Crippen LogP contribution in [-0.4, -0.2) is 22.6 Å². The first-order chi connectivity index (χ1) is 3.18. The van der Waals surface area contributed by atoms with Gasteiger partial charge in [0.15, 0.2) is 0 Å². The predicted molar refractivity (Wildman–Crippen MR) is 21.7 cm³/mol. The van der Waals surface area contributed by atoms with E-state index in [4.69, 9.17) is 14.9 Å². The molecule has 0 saturated carbocycles. The Morgan fingerprint density at radius 3 is 2.00 bits per heavy atom. The summed E-state index contributed by atoms with van der Waals surface area (Å²) < 4.78 is 0. The summed E-state index contributed by atoms with van der Waals surface area (Å²) in [6.45, 7) is 0. The maximum Gasteiger partial charge on any atom is 0.508 e. The Bertz CT molecular complexity index is 118. The van der Waals surface area contributed by atoms with Crippen molar-refractivity contribution >= 4 is 12.2 Å². The minimum atomic E-state index is -1.61. The molecule has 0 unspecified atom stereocenters. The molecule has 0 bridgehead atoms. The second kappa shape index (κ2) is 3.88. The third-order valence-corrected chi connectivity index (χ3v) is 0.281. The average Bonchev–Trinajstić information content (AvgIpc) is 1.65. The van der Waals surface area contributed by atoms with Crippen LogP contribution in [0.15, 0.2) is 0 Å². The SMILES string of the molecule is O.O=CC(=O)[N+](=O)[O-]. The monoisotopic (exact) mass is 121 g/mol. The molecule has 0 aromatic rings. The molecule has 6 nitrogen and oxygen atoms in total. The maximum atomic E-state index is 9.44. The van der Waals surface area contributed by atoms with Gasteiger partial charge in [-0.25, -0.2) is 4.79 Å². The minimum Gasteiger partial charge on any atom is -0.412 e. The van der Waals surface area contributed by atoms with Gasteiger partial charge < -0.3 is 5.48 Å². The highest BCUT2D eigenvalue weighted by Gasteiger charge is 2.09. The molecule has 0 radical (unpaired) electrons. The van der Waals surface area contributed by atoms with Crippen molar-refractivity contribution in [1.29, 1.82) is 0 Å². The van der Waals surface area contributed by atoms with Gasteiger partial charge in [0.25, 0.3) is 6.29 Å². The third-order valence-electron chi connectivity index (χ3n) is 0.281. The molecule has 0 aliphatic rings. The van der Waals surface area contributed by atoms with Gasteiger partial charge in [-0.15, -0.1) is 0 Å². The maximum absolute atomic E-state index is 9.44. The van der Waals surface area contributed by atoms with Crippen molar-refractivity contribution in [2.24, 2.45) is 0 Å². The van der Waals surface area contributed by atoms with Gasteiger partial charge >= 0.3 is 5.91 Å². The van der Waals surface area contributed by atoms with E-state index in [9.17, 15) is 4.79 Å². The predicted octanol–water partition coefficient (Wildman–Crippen LogP) is -1.84. The zero-order valence-electron chi connectivity index (χ0n) is 3.66. The molecule has 0 heterocycles. The molecule has 0 aliphatic heterocycles. The summed E-state index contributed by atoms with van der Waals surface area (Å²) in [5, 5.41) is 9.16. The molecule has 0 aromatic carbocycles. The van der Waals surface area contributed by atoms with Crippen molar-refractivity contribution in [1.82, 2.24) is 0 Å². The van der Waals surface area contributed by atoms with Crippen LogP contribution in [0.5, 0.6) is 0 Å². The first kappa shape index (κ1) is 9.85. The van der Waals surface area contributed by atoms with Crippen molar-refractivity contribution < 1.29 is 20.0 Å². The Morgan fingerprint density at radius 2 is 2.00 bits per heavy atom. The molecule has 0 spiro atoms. The molecule has 8 heavy (non-hydrogen) atoms. The number of carbonyl (C=O) groups is 2. The molecular formula is C2H3NO5. The quantitative estimate of drug-likeness (QED) is 0.176. The molecule has 0 saturated heterocycles. The highest BCUT2D eigenvalue weighted by Crippen LogP contribution is 1.62. The molecule has 1 amide bonds. The number of hydrogen-bond donors (Lipinski definition) is 0. The lowest BCUT2D eigenvalue weighted by atomic mass is 10.7. The van der Waals surface area contributed by atoms with Gasteiger partial charge in [-0.2, -0.15) is 0 Å². The molecule has 6 heteroatoms. The van der Waals surface area contributed by atoms with Crippen molar-refractivity contribution in [3.63, 3.8) is 0 Å². The smallest absolute Gasteiger partial charge is 0.412 e. The average molecular weight is 121 g/mol.